The van der Waals surface area contributed by atoms with Gasteiger partial charge in [-0.1, -0.05) is 13.8 Å². The fourth-order valence-electron chi connectivity index (χ4n) is 2.60. The van der Waals surface area contributed by atoms with Crippen LogP contribution in [0.4, 0.5) is 0 Å². The average Bonchev–Trinajstić information content (AvgIpc) is 2.47. The molecule has 1 amide bonds. The van der Waals surface area contributed by atoms with Crippen LogP contribution in [-0.4, -0.2) is 42.8 Å². The number of esters is 1. The maximum Gasteiger partial charge on any atom is 0.333 e. The molecule has 3 N–H and O–H groups in total. The predicted molar refractivity (Wildman–Crippen MR) is 84.2 cm³/mol. The zero-order valence-electron chi connectivity index (χ0n) is 13.9. The molecule has 0 heterocycles. The molecule has 1 aliphatic rings. The Morgan fingerprint density at radius 2 is 2.00 bits per heavy atom. The first-order chi connectivity index (χ1) is 10.4. The second-order valence-electron chi connectivity index (χ2n) is 5.54. The number of rotatable bonds is 7. The number of amides is 1. The lowest BCUT2D eigenvalue weighted by Gasteiger charge is -2.36. The number of hydrogen-bond donors (Lipinski definition) is 2. The molecular formula is C16H28N2O4. The van der Waals surface area contributed by atoms with E-state index in [1.54, 1.807) is 13.0 Å². The fourth-order valence-corrected chi connectivity index (χ4v) is 2.60. The van der Waals surface area contributed by atoms with Crippen molar-refractivity contribution in [2.75, 3.05) is 6.61 Å². The lowest BCUT2D eigenvalue weighted by atomic mass is 9.88. The number of carbonyl (C=O) groups is 2. The smallest absolute Gasteiger partial charge is 0.333 e. The van der Waals surface area contributed by atoms with Crippen LogP contribution in [0.25, 0.3) is 0 Å². The Morgan fingerprint density at radius 1 is 1.36 bits per heavy atom. The maximum absolute atomic E-state index is 12.0. The van der Waals surface area contributed by atoms with E-state index in [9.17, 15) is 9.59 Å². The largest absolute Gasteiger partial charge is 0.463 e. The zero-order valence-corrected chi connectivity index (χ0v) is 13.9. The minimum atomic E-state index is -0.407. The second-order valence-corrected chi connectivity index (χ2v) is 5.54. The Hall–Kier alpha value is -1.40. The van der Waals surface area contributed by atoms with E-state index in [1.165, 1.54) is 6.92 Å². The standard InChI is InChI=1S/C16H28N2O4/c1-5-12(6-2)22-14-9-11(16(20)21-7-3)8-13(15(14)17)18-10(4)19/h9,12-15H,5-8,17H2,1-4H3,(H,18,19)/t13-,14-,15+/m1/s1. The van der Waals surface area contributed by atoms with Crippen molar-refractivity contribution in [3.05, 3.63) is 11.6 Å². The molecule has 0 saturated carbocycles. The van der Waals surface area contributed by atoms with Gasteiger partial charge in [-0.2, -0.15) is 0 Å². The van der Waals surface area contributed by atoms with Crippen molar-refractivity contribution >= 4 is 11.9 Å². The van der Waals surface area contributed by atoms with Crippen molar-refractivity contribution in [1.29, 1.82) is 0 Å². The van der Waals surface area contributed by atoms with Gasteiger partial charge in [-0.3, -0.25) is 4.79 Å². The summed E-state index contributed by atoms with van der Waals surface area (Å²) in [6, 6.07) is -0.719. The molecule has 0 saturated heterocycles. The van der Waals surface area contributed by atoms with E-state index >= 15 is 0 Å². The van der Waals surface area contributed by atoms with Crippen LogP contribution < -0.4 is 11.1 Å². The van der Waals surface area contributed by atoms with Crippen molar-refractivity contribution in [1.82, 2.24) is 5.32 Å². The summed E-state index contributed by atoms with van der Waals surface area (Å²) in [6.07, 6.45) is 3.52. The lowest BCUT2D eigenvalue weighted by Crippen LogP contribution is -2.56. The number of carbonyl (C=O) groups excluding carboxylic acids is 2. The first-order valence-electron chi connectivity index (χ1n) is 7.98. The van der Waals surface area contributed by atoms with Crippen LogP contribution in [-0.2, 0) is 19.1 Å². The molecular weight excluding hydrogens is 284 g/mol. The van der Waals surface area contributed by atoms with Crippen LogP contribution in [0.2, 0.25) is 0 Å². The highest BCUT2D eigenvalue weighted by Crippen LogP contribution is 2.23. The highest BCUT2D eigenvalue weighted by Gasteiger charge is 2.35. The first kappa shape index (κ1) is 18.6. The van der Waals surface area contributed by atoms with Gasteiger partial charge in [0.25, 0.3) is 0 Å². The Labute approximate surface area is 132 Å². The van der Waals surface area contributed by atoms with E-state index in [2.05, 4.69) is 5.32 Å². The van der Waals surface area contributed by atoms with E-state index in [1.807, 2.05) is 13.8 Å². The molecule has 0 radical (unpaired) electrons. The van der Waals surface area contributed by atoms with Gasteiger partial charge in [-0.25, -0.2) is 4.79 Å². The van der Waals surface area contributed by atoms with Gasteiger partial charge >= 0.3 is 5.97 Å². The number of hydrogen-bond acceptors (Lipinski definition) is 5. The summed E-state index contributed by atoms with van der Waals surface area (Å²) in [4.78, 5) is 23.4. The van der Waals surface area contributed by atoms with Crippen molar-refractivity contribution in [2.45, 2.75) is 71.2 Å². The summed E-state index contributed by atoms with van der Waals surface area (Å²) < 4.78 is 11.1. The van der Waals surface area contributed by atoms with Gasteiger partial charge in [-0.05, 0) is 25.8 Å². The molecule has 3 atom stereocenters. The van der Waals surface area contributed by atoms with Crippen LogP contribution >= 0.6 is 0 Å². The number of nitrogens with one attached hydrogen (secondary N) is 1. The Balaban J connectivity index is 2.95. The summed E-state index contributed by atoms with van der Waals surface area (Å²) in [7, 11) is 0. The molecule has 126 valence electrons. The normalized spacial score (nSPS) is 24.8. The Morgan fingerprint density at radius 3 is 2.50 bits per heavy atom. The van der Waals surface area contributed by atoms with Crippen molar-refractivity contribution in [3.8, 4) is 0 Å². The maximum atomic E-state index is 12.0. The van der Waals surface area contributed by atoms with Gasteiger partial charge in [0.05, 0.1) is 30.9 Å². The zero-order chi connectivity index (χ0) is 16.7. The van der Waals surface area contributed by atoms with Gasteiger partial charge in [0.15, 0.2) is 0 Å². The van der Waals surface area contributed by atoms with Crippen LogP contribution in [0.15, 0.2) is 11.6 Å². The minimum Gasteiger partial charge on any atom is -0.463 e. The lowest BCUT2D eigenvalue weighted by molar-refractivity contribution is -0.139. The summed E-state index contributed by atoms with van der Waals surface area (Å²) in [5.74, 6) is -0.547. The third-order valence-corrected chi connectivity index (χ3v) is 3.84. The molecule has 0 aromatic rings. The van der Waals surface area contributed by atoms with Crippen molar-refractivity contribution < 1.29 is 19.1 Å². The fraction of sp³-hybridized carbons (Fsp3) is 0.750. The molecule has 6 heteroatoms. The molecule has 22 heavy (non-hydrogen) atoms. The molecule has 0 unspecified atom stereocenters. The minimum absolute atomic E-state index is 0.0758. The van der Waals surface area contributed by atoms with Gasteiger partial charge in [0, 0.05) is 18.9 Å². The van der Waals surface area contributed by atoms with Gasteiger partial charge < -0.3 is 20.5 Å². The Kier molecular flexibility index (Phi) is 7.55. The van der Waals surface area contributed by atoms with Gasteiger partial charge in [0.2, 0.25) is 5.91 Å². The monoisotopic (exact) mass is 312 g/mol. The van der Waals surface area contributed by atoms with Crippen LogP contribution in [0.5, 0.6) is 0 Å². The van der Waals surface area contributed by atoms with Gasteiger partial charge in [0.1, 0.15) is 0 Å². The summed E-state index contributed by atoms with van der Waals surface area (Å²) in [5, 5.41) is 2.81. The molecule has 0 bridgehead atoms. The Bertz CT molecular complexity index is 418. The number of ether oxygens (including phenoxy) is 2. The van der Waals surface area contributed by atoms with E-state index in [4.69, 9.17) is 15.2 Å². The van der Waals surface area contributed by atoms with Crippen LogP contribution in [0.3, 0.4) is 0 Å². The highest BCUT2D eigenvalue weighted by atomic mass is 16.5. The quantitative estimate of drug-likeness (QED) is 0.691. The van der Waals surface area contributed by atoms with Crippen LogP contribution in [0, 0.1) is 0 Å². The van der Waals surface area contributed by atoms with E-state index in [0.717, 1.165) is 12.8 Å². The predicted octanol–water partition coefficient (Wildman–Crippen LogP) is 1.29. The van der Waals surface area contributed by atoms with E-state index < -0.39 is 6.10 Å². The molecule has 6 nitrogen and oxygen atoms in total. The second kappa shape index (κ2) is 8.90. The molecule has 0 aromatic carbocycles. The third kappa shape index (κ3) is 5.10. The SMILES string of the molecule is CCOC(=O)C1=C[C@@H](OC(CC)CC)[C@@H](N)[C@H](NC(C)=O)C1. The average molecular weight is 312 g/mol. The van der Waals surface area contributed by atoms with Crippen molar-refractivity contribution in [2.24, 2.45) is 5.73 Å². The van der Waals surface area contributed by atoms with Gasteiger partial charge in [-0.15, -0.1) is 0 Å². The summed E-state index contributed by atoms with van der Waals surface area (Å²) >= 11 is 0. The van der Waals surface area contributed by atoms with E-state index in [-0.39, 0.29) is 30.1 Å². The third-order valence-electron chi connectivity index (χ3n) is 3.84. The summed E-state index contributed by atoms with van der Waals surface area (Å²) in [6.45, 7) is 7.60. The first-order valence-corrected chi connectivity index (χ1v) is 7.98. The molecule has 1 rings (SSSR count). The summed E-state index contributed by atoms with van der Waals surface area (Å²) in [5.41, 5.74) is 6.74. The topological polar surface area (TPSA) is 90.7 Å². The van der Waals surface area contributed by atoms with E-state index in [0.29, 0.717) is 18.6 Å². The highest BCUT2D eigenvalue weighted by molar-refractivity contribution is 5.89. The molecule has 0 aromatic heterocycles. The molecule has 1 aliphatic carbocycles. The van der Waals surface area contributed by atoms with Crippen molar-refractivity contribution in [3.63, 3.8) is 0 Å². The number of nitrogens with two attached hydrogens (primary N) is 1. The molecule has 0 fully saturated rings. The van der Waals surface area contributed by atoms with Crippen LogP contribution in [0.1, 0.15) is 47.0 Å². The molecule has 0 aliphatic heterocycles. The molecule has 0 spiro atoms.